The number of ether oxygens (including phenoxy) is 1. The quantitative estimate of drug-likeness (QED) is 0.782. The van der Waals surface area contributed by atoms with Gasteiger partial charge >= 0.3 is 0 Å². The van der Waals surface area contributed by atoms with Gasteiger partial charge in [0, 0.05) is 6.07 Å². The summed E-state index contributed by atoms with van der Waals surface area (Å²) in [6, 6.07) is 2.59. The highest BCUT2D eigenvalue weighted by Gasteiger charge is 2.16. The number of rotatable bonds is 6. The number of halogens is 3. The molecule has 0 fully saturated rings. The Labute approximate surface area is 133 Å². The minimum absolute atomic E-state index is 0.123. The highest BCUT2D eigenvalue weighted by atomic mass is 35.5. The number of hydrogen-bond donors (Lipinski definition) is 2. The minimum Gasteiger partial charge on any atom is -0.482 e. The van der Waals surface area contributed by atoms with Crippen molar-refractivity contribution in [3.8, 4) is 5.75 Å². The Kier molecular flexibility index (Phi) is 6.89. The van der Waals surface area contributed by atoms with Crippen molar-refractivity contribution in [2.45, 2.75) is 19.9 Å². The monoisotopic (exact) mass is 339 g/mol. The van der Waals surface area contributed by atoms with Crippen LogP contribution < -0.4 is 10.1 Å². The molecule has 1 rings (SSSR count). The molecule has 1 amide bonds. The molecule has 0 heterocycles. The van der Waals surface area contributed by atoms with Crippen LogP contribution in [0.15, 0.2) is 12.1 Å². The maximum Gasteiger partial charge on any atom is 0.258 e. The molecule has 0 saturated carbocycles. The predicted molar refractivity (Wildman–Crippen MR) is 80.8 cm³/mol. The van der Waals surface area contributed by atoms with Crippen molar-refractivity contribution in [2.75, 3.05) is 13.2 Å². The number of aliphatic hydroxyl groups excluding tert-OH is 1. The molecule has 2 N–H and O–H groups in total. The molecule has 0 bridgehead atoms. The van der Waals surface area contributed by atoms with Crippen LogP contribution in [0.2, 0.25) is 15.1 Å². The fourth-order valence-electron chi connectivity index (χ4n) is 1.43. The number of aliphatic hydroxyl groups is 1. The molecule has 1 aromatic rings. The molecule has 0 unspecified atom stereocenters. The van der Waals surface area contributed by atoms with Gasteiger partial charge in [-0.25, -0.2) is 0 Å². The van der Waals surface area contributed by atoms with Crippen molar-refractivity contribution in [1.82, 2.24) is 5.32 Å². The SMILES string of the molecule is CC(C)[C@@H](CO)NC(=O)COc1cc(Cl)c(Cl)cc1Cl. The average Bonchev–Trinajstić information content (AvgIpc) is 2.38. The third-order valence-corrected chi connectivity index (χ3v) is 3.70. The van der Waals surface area contributed by atoms with Crippen LogP contribution in [-0.4, -0.2) is 30.3 Å². The highest BCUT2D eigenvalue weighted by molar-refractivity contribution is 6.43. The lowest BCUT2D eigenvalue weighted by Crippen LogP contribution is -2.43. The second-order valence-electron chi connectivity index (χ2n) is 4.59. The van der Waals surface area contributed by atoms with Gasteiger partial charge in [0.25, 0.3) is 5.91 Å². The van der Waals surface area contributed by atoms with Gasteiger partial charge in [0.1, 0.15) is 5.75 Å². The molecule has 0 saturated heterocycles. The number of nitrogens with one attached hydrogen (secondary N) is 1. The van der Waals surface area contributed by atoms with Crippen LogP contribution in [0.3, 0.4) is 0 Å². The summed E-state index contributed by atoms with van der Waals surface area (Å²) in [5, 5.41) is 12.7. The Bertz CT molecular complexity index is 480. The number of carbonyl (C=O) groups excluding carboxylic acids is 1. The van der Waals surface area contributed by atoms with E-state index in [9.17, 15) is 4.79 Å². The van der Waals surface area contributed by atoms with Crippen molar-refractivity contribution in [2.24, 2.45) is 5.92 Å². The zero-order chi connectivity index (χ0) is 15.3. The first-order chi connectivity index (χ1) is 9.35. The van der Waals surface area contributed by atoms with Gasteiger partial charge in [-0.1, -0.05) is 48.7 Å². The van der Waals surface area contributed by atoms with Crippen molar-refractivity contribution in [1.29, 1.82) is 0 Å². The smallest absolute Gasteiger partial charge is 0.258 e. The Morgan fingerprint density at radius 2 is 1.85 bits per heavy atom. The van der Waals surface area contributed by atoms with Gasteiger partial charge in [0.2, 0.25) is 0 Å². The summed E-state index contributed by atoms with van der Waals surface area (Å²) < 4.78 is 5.29. The standard InChI is InChI=1S/C13H16Cl3NO3/c1-7(2)11(5-18)17-13(19)6-20-12-4-9(15)8(14)3-10(12)16/h3-4,7,11,18H,5-6H2,1-2H3,(H,17,19)/t11-/m1/s1. The molecular weight excluding hydrogens is 325 g/mol. The lowest BCUT2D eigenvalue weighted by molar-refractivity contribution is -0.124. The van der Waals surface area contributed by atoms with Crippen molar-refractivity contribution in [3.05, 3.63) is 27.2 Å². The molecule has 0 aromatic heterocycles. The van der Waals surface area contributed by atoms with Crippen molar-refractivity contribution < 1.29 is 14.6 Å². The van der Waals surface area contributed by atoms with Crippen LogP contribution in [0, 0.1) is 5.92 Å². The maximum absolute atomic E-state index is 11.7. The molecule has 0 aliphatic carbocycles. The number of carbonyl (C=O) groups is 1. The van der Waals surface area contributed by atoms with Gasteiger partial charge in [-0.15, -0.1) is 0 Å². The van der Waals surface area contributed by atoms with Crippen molar-refractivity contribution in [3.63, 3.8) is 0 Å². The van der Waals surface area contributed by atoms with Crippen LogP contribution in [0.25, 0.3) is 0 Å². The van der Waals surface area contributed by atoms with E-state index in [4.69, 9.17) is 44.6 Å². The van der Waals surface area contributed by atoms with Crippen LogP contribution in [0.4, 0.5) is 0 Å². The average molecular weight is 341 g/mol. The normalized spacial score (nSPS) is 12.3. The van der Waals surface area contributed by atoms with E-state index in [0.29, 0.717) is 10.0 Å². The second kappa shape index (κ2) is 7.93. The summed E-state index contributed by atoms with van der Waals surface area (Å²) >= 11 is 17.6. The molecule has 0 aliphatic rings. The lowest BCUT2D eigenvalue weighted by Gasteiger charge is -2.20. The molecule has 20 heavy (non-hydrogen) atoms. The molecule has 1 atom stereocenters. The number of hydrogen-bond acceptors (Lipinski definition) is 3. The highest BCUT2D eigenvalue weighted by Crippen LogP contribution is 2.33. The first-order valence-corrected chi connectivity index (χ1v) is 7.16. The van der Waals surface area contributed by atoms with E-state index in [2.05, 4.69) is 5.32 Å². The maximum atomic E-state index is 11.7. The summed E-state index contributed by atoms with van der Waals surface area (Å²) in [5.74, 6) is 0.0544. The molecule has 4 nitrogen and oxygen atoms in total. The first kappa shape index (κ1) is 17.4. The topological polar surface area (TPSA) is 58.6 Å². The van der Waals surface area contributed by atoms with Gasteiger partial charge in [0.05, 0.1) is 27.7 Å². The summed E-state index contributed by atoms with van der Waals surface area (Å²) in [6.45, 7) is 3.45. The van der Waals surface area contributed by atoms with Crippen LogP contribution in [-0.2, 0) is 4.79 Å². The van der Waals surface area contributed by atoms with E-state index in [-0.39, 0.29) is 41.9 Å². The predicted octanol–water partition coefficient (Wildman–Crippen LogP) is 3.16. The zero-order valence-electron chi connectivity index (χ0n) is 11.1. The summed E-state index contributed by atoms with van der Waals surface area (Å²) in [6.07, 6.45) is 0. The first-order valence-electron chi connectivity index (χ1n) is 6.02. The summed E-state index contributed by atoms with van der Waals surface area (Å²) in [7, 11) is 0. The molecule has 112 valence electrons. The molecule has 1 aromatic carbocycles. The van der Waals surface area contributed by atoms with Gasteiger partial charge in [-0.3, -0.25) is 4.79 Å². The third-order valence-electron chi connectivity index (χ3n) is 2.68. The number of benzene rings is 1. The van der Waals surface area contributed by atoms with Gasteiger partial charge in [-0.2, -0.15) is 0 Å². The lowest BCUT2D eigenvalue weighted by atomic mass is 10.1. The Hall–Kier alpha value is -0.680. The number of amides is 1. The van der Waals surface area contributed by atoms with Gasteiger partial charge in [-0.05, 0) is 12.0 Å². The summed E-state index contributed by atoms with van der Waals surface area (Å²) in [4.78, 5) is 11.7. The molecular formula is C13H16Cl3NO3. The fraction of sp³-hybridized carbons (Fsp3) is 0.462. The second-order valence-corrected chi connectivity index (χ2v) is 5.81. The largest absolute Gasteiger partial charge is 0.482 e. The van der Waals surface area contributed by atoms with Crippen LogP contribution in [0.1, 0.15) is 13.8 Å². The Morgan fingerprint density at radius 1 is 1.25 bits per heavy atom. The van der Waals surface area contributed by atoms with E-state index in [1.54, 1.807) is 0 Å². The van der Waals surface area contributed by atoms with E-state index >= 15 is 0 Å². The Balaban J connectivity index is 2.59. The third kappa shape index (κ3) is 5.02. The van der Waals surface area contributed by atoms with E-state index in [0.717, 1.165) is 0 Å². The summed E-state index contributed by atoms with van der Waals surface area (Å²) in [5.41, 5.74) is 0. The van der Waals surface area contributed by atoms with Crippen LogP contribution >= 0.6 is 34.8 Å². The fourth-order valence-corrected chi connectivity index (χ4v) is 2.02. The zero-order valence-corrected chi connectivity index (χ0v) is 13.4. The van der Waals surface area contributed by atoms with E-state index in [1.165, 1.54) is 12.1 Å². The van der Waals surface area contributed by atoms with E-state index < -0.39 is 0 Å². The molecule has 7 heteroatoms. The molecule has 0 radical (unpaired) electrons. The molecule has 0 spiro atoms. The van der Waals surface area contributed by atoms with Crippen LogP contribution in [0.5, 0.6) is 5.75 Å². The van der Waals surface area contributed by atoms with Gasteiger partial charge in [0.15, 0.2) is 6.61 Å². The molecule has 0 aliphatic heterocycles. The Morgan fingerprint density at radius 3 is 2.40 bits per heavy atom. The van der Waals surface area contributed by atoms with Gasteiger partial charge < -0.3 is 15.2 Å². The minimum atomic E-state index is -0.347. The van der Waals surface area contributed by atoms with E-state index in [1.807, 2.05) is 13.8 Å². The van der Waals surface area contributed by atoms with Crippen molar-refractivity contribution >= 4 is 40.7 Å².